The Labute approximate surface area is 119 Å². The van der Waals surface area contributed by atoms with Crippen LogP contribution in [0.5, 0.6) is 0 Å². The van der Waals surface area contributed by atoms with Gasteiger partial charge in [0.05, 0.1) is 23.8 Å². The van der Waals surface area contributed by atoms with Crippen molar-refractivity contribution in [1.29, 1.82) is 0 Å². The molecule has 0 aliphatic carbocycles. The van der Waals surface area contributed by atoms with Gasteiger partial charge in [0, 0.05) is 11.1 Å². The Morgan fingerprint density at radius 2 is 2.26 bits per heavy atom. The van der Waals surface area contributed by atoms with Crippen LogP contribution in [-0.4, -0.2) is 29.7 Å². The lowest BCUT2D eigenvalue weighted by Gasteiger charge is -2.11. The Morgan fingerprint density at radius 1 is 1.47 bits per heavy atom. The number of ether oxygens (including phenoxy) is 1. The highest BCUT2D eigenvalue weighted by Crippen LogP contribution is 2.23. The van der Waals surface area contributed by atoms with Crippen LogP contribution in [0.25, 0.3) is 0 Å². The number of carboxylic acids is 1. The fourth-order valence-electron chi connectivity index (χ4n) is 2.02. The van der Waals surface area contributed by atoms with Crippen molar-refractivity contribution in [3.63, 3.8) is 0 Å². The molecular weight excluding hydrogens is 314 g/mol. The third kappa shape index (κ3) is 3.78. The van der Waals surface area contributed by atoms with E-state index < -0.39 is 5.97 Å². The molecule has 19 heavy (non-hydrogen) atoms. The fraction of sp³-hybridized carbons (Fsp3) is 0.385. The summed E-state index contributed by atoms with van der Waals surface area (Å²) in [6, 6.07) is 4.66. The van der Waals surface area contributed by atoms with Gasteiger partial charge >= 0.3 is 5.97 Å². The minimum absolute atomic E-state index is 0.0552. The monoisotopic (exact) mass is 327 g/mol. The van der Waals surface area contributed by atoms with Gasteiger partial charge < -0.3 is 15.2 Å². The first-order valence-electron chi connectivity index (χ1n) is 6.00. The molecule has 102 valence electrons. The summed E-state index contributed by atoms with van der Waals surface area (Å²) in [6.45, 7) is 0.690. The van der Waals surface area contributed by atoms with E-state index in [2.05, 4.69) is 21.2 Å². The summed E-state index contributed by atoms with van der Waals surface area (Å²) in [5.41, 5.74) is 0.369. The fourth-order valence-corrected chi connectivity index (χ4v) is 2.38. The van der Waals surface area contributed by atoms with Crippen LogP contribution in [-0.2, 0) is 9.53 Å². The summed E-state index contributed by atoms with van der Waals surface area (Å²) in [6.07, 6.45) is 2.04. The van der Waals surface area contributed by atoms with E-state index in [1.165, 1.54) is 6.07 Å². The normalized spacial score (nSPS) is 18.3. The molecule has 1 aliphatic rings. The number of amides is 1. The predicted molar refractivity (Wildman–Crippen MR) is 73.3 cm³/mol. The molecule has 2 N–H and O–H groups in total. The molecule has 1 aromatic carbocycles. The van der Waals surface area contributed by atoms with Crippen LogP contribution in [0.3, 0.4) is 0 Å². The molecule has 1 amide bonds. The first-order valence-corrected chi connectivity index (χ1v) is 6.80. The topological polar surface area (TPSA) is 75.6 Å². The molecule has 1 atom stereocenters. The van der Waals surface area contributed by atoms with Gasteiger partial charge in [-0.3, -0.25) is 4.79 Å². The van der Waals surface area contributed by atoms with E-state index in [-0.39, 0.29) is 24.0 Å². The Morgan fingerprint density at radius 3 is 2.89 bits per heavy atom. The maximum absolute atomic E-state index is 11.9. The highest BCUT2D eigenvalue weighted by atomic mass is 79.9. The van der Waals surface area contributed by atoms with Crippen molar-refractivity contribution in [2.75, 3.05) is 11.9 Å². The SMILES string of the molecule is O=C(CC1CCCO1)Nc1cc(Br)ccc1C(=O)O. The number of carbonyl (C=O) groups is 2. The van der Waals surface area contributed by atoms with Crippen molar-refractivity contribution in [1.82, 2.24) is 0 Å². The Bertz CT molecular complexity index is 497. The second-order valence-corrected chi connectivity index (χ2v) is 5.30. The van der Waals surface area contributed by atoms with Crippen molar-refractivity contribution < 1.29 is 19.4 Å². The summed E-state index contributed by atoms with van der Waals surface area (Å²) in [7, 11) is 0. The summed E-state index contributed by atoms with van der Waals surface area (Å²) in [5.74, 6) is -1.30. The largest absolute Gasteiger partial charge is 0.478 e. The molecule has 0 radical (unpaired) electrons. The molecule has 1 saturated heterocycles. The van der Waals surface area contributed by atoms with Crippen molar-refractivity contribution in [3.8, 4) is 0 Å². The van der Waals surface area contributed by atoms with Gasteiger partial charge in [-0.05, 0) is 31.0 Å². The Kier molecular flexibility index (Phi) is 4.55. The van der Waals surface area contributed by atoms with Gasteiger partial charge in [-0.2, -0.15) is 0 Å². The highest BCUT2D eigenvalue weighted by Gasteiger charge is 2.20. The lowest BCUT2D eigenvalue weighted by Crippen LogP contribution is -2.20. The minimum atomic E-state index is -1.07. The van der Waals surface area contributed by atoms with E-state index in [1.807, 2.05) is 0 Å². The van der Waals surface area contributed by atoms with Gasteiger partial charge in [0.2, 0.25) is 5.91 Å². The Balaban J connectivity index is 2.06. The molecule has 0 aromatic heterocycles. The zero-order valence-corrected chi connectivity index (χ0v) is 11.8. The predicted octanol–water partition coefficient (Wildman–Crippen LogP) is 2.65. The molecule has 2 rings (SSSR count). The van der Waals surface area contributed by atoms with Crippen LogP contribution in [0.15, 0.2) is 22.7 Å². The number of benzene rings is 1. The summed E-state index contributed by atoms with van der Waals surface area (Å²) in [4.78, 5) is 22.9. The Hall–Kier alpha value is -1.40. The summed E-state index contributed by atoms with van der Waals surface area (Å²) >= 11 is 3.25. The van der Waals surface area contributed by atoms with Crippen LogP contribution < -0.4 is 5.32 Å². The average molecular weight is 328 g/mol. The van der Waals surface area contributed by atoms with Crippen LogP contribution in [0.2, 0.25) is 0 Å². The molecule has 1 unspecified atom stereocenters. The number of nitrogens with one attached hydrogen (secondary N) is 1. The van der Waals surface area contributed by atoms with Gasteiger partial charge in [0.1, 0.15) is 0 Å². The van der Waals surface area contributed by atoms with E-state index in [4.69, 9.17) is 9.84 Å². The van der Waals surface area contributed by atoms with Crippen molar-refractivity contribution >= 4 is 33.5 Å². The molecule has 1 fully saturated rings. The molecule has 1 aliphatic heterocycles. The minimum Gasteiger partial charge on any atom is -0.478 e. The van der Waals surface area contributed by atoms with E-state index >= 15 is 0 Å². The maximum Gasteiger partial charge on any atom is 0.337 e. The molecule has 5 nitrogen and oxygen atoms in total. The lowest BCUT2D eigenvalue weighted by atomic mass is 10.1. The number of aromatic carboxylic acids is 1. The molecule has 6 heteroatoms. The van der Waals surface area contributed by atoms with Gasteiger partial charge in [0.25, 0.3) is 0 Å². The van der Waals surface area contributed by atoms with E-state index in [0.717, 1.165) is 12.8 Å². The number of carbonyl (C=O) groups excluding carboxylic acids is 1. The molecule has 0 bridgehead atoms. The molecule has 0 spiro atoms. The number of hydrogen-bond acceptors (Lipinski definition) is 3. The van der Waals surface area contributed by atoms with Crippen LogP contribution in [0.1, 0.15) is 29.6 Å². The van der Waals surface area contributed by atoms with Crippen molar-refractivity contribution in [3.05, 3.63) is 28.2 Å². The standard InChI is InChI=1S/C13H14BrNO4/c14-8-3-4-10(13(17)18)11(6-8)15-12(16)7-9-2-1-5-19-9/h3-4,6,9H,1-2,5,7H2,(H,15,16)(H,17,18). The third-order valence-corrected chi connectivity index (χ3v) is 3.42. The number of halogens is 1. The number of hydrogen-bond donors (Lipinski definition) is 2. The van der Waals surface area contributed by atoms with E-state index in [1.54, 1.807) is 12.1 Å². The molecular formula is C13H14BrNO4. The van der Waals surface area contributed by atoms with Crippen LogP contribution in [0.4, 0.5) is 5.69 Å². The summed E-state index contributed by atoms with van der Waals surface area (Å²) < 4.78 is 6.09. The zero-order chi connectivity index (χ0) is 13.8. The summed E-state index contributed by atoms with van der Waals surface area (Å²) in [5, 5.41) is 11.7. The zero-order valence-electron chi connectivity index (χ0n) is 10.2. The molecule has 0 saturated carbocycles. The highest BCUT2D eigenvalue weighted by molar-refractivity contribution is 9.10. The van der Waals surface area contributed by atoms with Gasteiger partial charge in [-0.15, -0.1) is 0 Å². The van der Waals surface area contributed by atoms with E-state index in [0.29, 0.717) is 16.8 Å². The van der Waals surface area contributed by atoms with Crippen LogP contribution >= 0.6 is 15.9 Å². The van der Waals surface area contributed by atoms with E-state index in [9.17, 15) is 9.59 Å². The first-order chi connectivity index (χ1) is 9.06. The van der Waals surface area contributed by atoms with Crippen molar-refractivity contribution in [2.45, 2.75) is 25.4 Å². The average Bonchev–Trinajstić information content (AvgIpc) is 2.81. The number of anilines is 1. The molecule has 1 aromatic rings. The van der Waals surface area contributed by atoms with Gasteiger partial charge in [0.15, 0.2) is 0 Å². The van der Waals surface area contributed by atoms with Crippen LogP contribution in [0, 0.1) is 0 Å². The van der Waals surface area contributed by atoms with Gasteiger partial charge in [-0.1, -0.05) is 15.9 Å². The quantitative estimate of drug-likeness (QED) is 0.891. The second-order valence-electron chi connectivity index (χ2n) is 4.38. The maximum atomic E-state index is 11.9. The van der Waals surface area contributed by atoms with Gasteiger partial charge in [-0.25, -0.2) is 4.79 Å². The number of carboxylic acid groups (broad SMARTS) is 1. The van der Waals surface area contributed by atoms with Crippen molar-refractivity contribution in [2.24, 2.45) is 0 Å². The molecule has 1 heterocycles. The third-order valence-electron chi connectivity index (χ3n) is 2.92. The first kappa shape index (κ1) is 14.0. The smallest absolute Gasteiger partial charge is 0.337 e. The lowest BCUT2D eigenvalue weighted by molar-refractivity contribution is -0.118. The number of rotatable bonds is 4. The second kappa shape index (κ2) is 6.16.